The minimum Gasteiger partial charge on any atom is -0.493 e. The lowest BCUT2D eigenvalue weighted by Gasteiger charge is -2.23. The molecule has 0 saturated carbocycles. The molecule has 0 radical (unpaired) electrons. The van der Waals surface area contributed by atoms with Gasteiger partial charge < -0.3 is 24.1 Å². The fourth-order valence-electron chi connectivity index (χ4n) is 2.42. The van der Waals surface area contributed by atoms with Crippen molar-refractivity contribution >= 4 is 6.08 Å². The third-order valence-electron chi connectivity index (χ3n) is 3.67. The molecule has 128 valence electrons. The zero-order chi connectivity index (χ0) is 16.5. The molecular formula is C18H26O5. The Hall–Kier alpha value is -1.56. The van der Waals surface area contributed by atoms with E-state index in [0.717, 1.165) is 31.6 Å². The van der Waals surface area contributed by atoms with Crippen molar-refractivity contribution in [3.8, 4) is 11.5 Å². The standard InChI is InChI=1S/C18H26O5/c1-3-4-14-5-6-17(18(11-14)20-2)23-13-15(19)12-22-16-7-9-21-10-8-16/h3-6,11,15-16,19H,7-10,12-13H2,1-2H3/b4-3+. The highest BCUT2D eigenvalue weighted by Crippen LogP contribution is 2.28. The van der Waals surface area contributed by atoms with Crippen molar-refractivity contribution in [2.24, 2.45) is 0 Å². The molecule has 0 spiro atoms. The number of ether oxygens (including phenoxy) is 4. The summed E-state index contributed by atoms with van der Waals surface area (Å²) < 4.78 is 22.0. The van der Waals surface area contributed by atoms with Crippen molar-refractivity contribution < 1.29 is 24.1 Å². The van der Waals surface area contributed by atoms with Crippen molar-refractivity contribution in [1.82, 2.24) is 0 Å². The Morgan fingerprint density at radius 3 is 2.74 bits per heavy atom. The third kappa shape index (κ3) is 5.86. The number of methoxy groups -OCH3 is 1. The van der Waals surface area contributed by atoms with Gasteiger partial charge in [-0.2, -0.15) is 0 Å². The van der Waals surface area contributed by atoms with Gasteiger partial charge in [0.15, 0.2) is 11.5 Å². The molecule has 1 aliphatic rings. The van der Waals surface area contributed by atoms with E-state index in [1.807, 2.05) is 37.3 Å². The molecule has 5 heteroatoms. The third-order valence-corrected chi connectivity index (χ3v) is 3.67. The van der Waals surface area contributed by atoms with Crippen LogP contribution in [0.5, 0.6) is 11.5 Å². The molecular weight excluding hydrogens is 296 g/mol. The number of allylic oxidation sites excluding steroid dienone is 1. The van der Waals surface area contributed by atoms with E-state index in [0.29, 0.717) is 11.5 Å². The molecule has 1 fully saturated rings. The second kappa shape index (κ2) is 9.55. The normalized spacial score (nSPS) is 17.3. The summed E-state index contributed by atoms with van der Waals surface area (Å²) in [5, 5.41) is 10.0. The van der Waals surface area contributed by atoms with Crippen molar-refractivity contribution in [2.45, 2.75) is 32.0 Å². The number of hydrogen-bond acceptors (Lipinski definition) is 5. The smallest absolute Gasteiger partial charge is 0.161 e. The maximum atomic E-state index is 10.0. The first-order valence-corrected chi connectivity index (χ1v) is 8.04. The quantitative estimate of drug-likeness (QED) is 0.797. The highest BCUT2D eigenvalue weighted by molar-refractivity contribution is 5.55. The Morgan fingerprint density at radius 2 is 2.04 bits per heavy atom. The van der Waals surface area contributed by atoms with Crippen LogP contribution in [0.3, 0.4) is 0 Å². The van der Waals surface area contributed by atoms with Crippen LogP contribution >= 0.6 is 0 Å². The molecule has 1 aromatic rings. The van der Waals surface area contributed by atoms with E-state index < -0.39 is 6.10 Å². The summed E-state index contributed by atoms with van der Waals surface area (Å²) in [7, 11) is 1.60. The number of aliphatic hydroxyl groups is 1. The molecule has 1 aliphatic heterocycles. The summed E-state index contributed by atoms with van der Waals surface area (Å²) in [5.74, 6) is 1.27. The highest BCUT2D eigenvalue weighted by Gasteiger charge is 2.16. The SMILES string of the molecule is C/C=C/c1ccc(OCC(O)COC2CCOCC2)c(OC)c1. The van der Waals surface area contributed by atoms with Crippen LogP contribution in [0.25, 0.3) is 6.08 Å². The number of aliphatic hydroxyl groups excluding tert-OH is 1. The van der Waals surface area contributed by atoms with Crippen LogP contribution in [-0.4, -0.2) is 50.9 Å². The molecule has 0 bridgehead atoms. The van der Waals surface area contributed by atoms with Gasteiger partial charge >= 0.3 is 0 Å². The Kier molecular flexibility index (Phi) is 7.39. The van der Waals surface area contributed by atoms with E-state index in [4.69, 9.17) is 18.9 Å². The lowest BCUT2D eigenvalue weighted by Crippen LogP contribution is -2.30. The molecule has 1 saturated heterocycles. The van der Waals surface area contributed by atoms with Gasteiger partial charge in [0.1, 0.15) is 12.7 Å². The summed E-state index contributed by atoms with van der Waals surface area (Å²) in [6, 6.07) is 5.70. The van der Waals surface area contributed by atoms with Crippen LogP contribution in [0.15, 0.2) is 24.3 Å². The van der Waals surface area contributed by atoms with Gasteiger partial charge in [-0.25, -0.2) is 0 Å². The Labute approximate surface area is 137 Å². The van der Waals surface area contributed by atoms with Crippen molar-refractivity contribution in [2.75, 3.05) is 33.5 Å². The molecule has 1 heterocycles. The van der Waals surface area contributed by atoms with Crippen LogP contribution in [0, 0.1) is 0 Å². The predicted molar refractivity (Wildman–Crippen MR) is 89.0 cm³/mol. The number of hydrogen-bond donors (Lipinski definition) is 1. The van der Waals surface area contributed by atoms with Gasteiger partial charge in [-0.3, -0.25) is 0 Å². The van der Waals surface area contributed by atoms with Gasteiger partial charge in [-0.15, -0.1) is 0 Å². The minimum atomic E-state index is -0.669. The summed E-state index contributed by atoms with van der Waals surface area (Å²) in [6.07, 6.45) is 5.22. The molecule has 23 heavy (non-hydrogen) atoms. The summed E-state index contributed by atoms with van der Waals surface area (Å²) in [5.41, 5.74) is 1.04. The lowest BCUT2D eigenvalue weighted by atomic mass is 10.1. The number of benzene rings is 1. The van der Waals surface area contributed by atoms with Crippen LogP contribution in [0.1, 0.15) is 25.3 Å². The molecule has 1 atom stereocenters. The zero-order valence-electron chi connectivity index (χ0n) is 13.9. The molecule has 2 rings (SSSR count). The second-order valence-electron chi connectivity index (χ2n) is 5.52. The largest absolute Gasteiger partial charge is 0.493 e. The maximum absolute atomic E-state index is 10.0. The predicted octanol–water partition coefficient (Wildman–Crippen LogP) is 2.66. The zero-order valence-corrected chi connectivity index (χ0v) is 13.9. The van der Waals surface area contributed by atoms with Gasteiger partial charge in [0.25, 0.3) is 0 Å². The summed E-state index contributed by atoms with van der Waals surface area (Å²) in [4.78, 5) is 0. The van der Waals surface area contributed by atoms with Crippen LogP contribution in [0.4, 0.5) is 0 Å². The average molecular weight is 322 g/mol. The molecule has 0 amide bonds. The fourth-order valence-corrected chi connectivity index (χ4v) is 2.42. The molecule has 1 N–H and O–H groups in total. The summed E-state index contributed by atoms with van der Waals surface area (Å²) in [6.45, 7) is 3.86. The fraction of sp³-hybridized carbons (Fsp3) is 0.556. The van der Waals surface area contributed by atoms with E-state index in [1.165, 1.54) is 0 Å². The van der Waals surface area contributed by atoms with Gasteiger partial charge in [0, 0.05) is 13.2 Å². The molecule has 0 aliphatic carbocycles. The first-order chi connectivity index (χ1) is 11.2. The minimum absolute atomic E-state index is 0.169. The van der Waals surface area contributed by atoms with Crippen molar-refractivity contribution in [3.05, 3.63) is 29.8 Å². The van der Waals surface area contributed by atoms with E-state index in [2.05, 4.69) is 0 Å². The highest BCUT2D eigenvalue weighted by atomic mass is 16.5. The van der Waals surface area contributed by atoms with Gasteiger partial charge in [0.05, 0.1) is 19.8 Å². The van der Waals surface area contributed by atoms with E-state index in [9.17, 15) is 5.11 Å². The van der Waals surface area contributed by atoms with Gasteiger partial charge in [0.2, 0.25) is 0 Å². The van der Waals surface area contributed by atoms with E-state index in [-0.39, 0.29) is 19.3 Å². The molecule has 1 aromatic carbocycles. The Balaban J connectivity index is 1.79. The molecule has 0 aromatic heterocycles. The lowest BCUT2D eigenvalue weighted by molar-refractivity contribution is -0.0660. The van der Waals surface area contributed by atoms with Gasteiger partial charge in [-0.05, 0) is 37.5 Å². The van der Waals surface area contributed by atoms with Crippen molar-refractivity contribution in [3.63, 3.8) is 0 Å². The monoisotopic (exact) mass is 322 g/mol. The molecule has 5 nitrogen and oxygen atoms in total. The van der Waals surface area contributed by atoms with Crippen LogP contribution in [0.2, 0.25) is 0 Å². The average Bonchev–Trinajstić information content (AvgIpc) is 2.59. The van der Waals surface area contributed by atoms with Crippen LogP contribution < -0.4 is 9.47 Å². The van der Waals surface area contributed by atoms with Gasteiger partial charge in [-0.1, -0.05) is 18.2 Å². The van der Waals surface area contributed by atoms with Crippen LogP contribution in [-0.2, 0) is 9.47 Å². The van der Waals surface area contributed by atoms with Crippen molar-refractivity contribution in [1.29, 1.82) is 0 Å². The first kappa shape index (κ1) is 17.8. The van der Waals surface area contributed by atoms with E-state index >= 15 is 0 Å². The van der Waals surface area contributed by atoms with E-state index in [1.54, 1.807) is 7.11 Å². The summed E-state index contributed by atoms with van der Waals surface area (Å²) >= 11 is 0. The molecule has 1 unspecified atom stereocenters. The topological polar surface area (TPSA) is 57.2 Å². The second-order valence-corrected chi connectivity index (χ2v) is 5.52. The maximum Gasteiger partial charge on any atom is 0.161 e. The first-order valence-electron chi connectivity index (χ1n) is 8.04. The Bertz CT molecular complexity index is 494. The number of rotatable bonds is 8. The Morgan fingerprint density at radius 1 is 1.26 bits per heavy atom.